The minimum absolute atomic E-state index is 0.115. The maximum absolute atomic E-state index is 12.8. The van der Waals surface area contributed by atoms with Crippen LogP contribution in [0.1, 0.15) is 18.4 Å². The summed E-state index contributed by atoms with van der Waals surface area (Å²) in [7, 11) is 1.89. The van der Waals surface area contributed by atoms with Crippen molar-refractivity contribution in [2.75, 3.05) is 33.3 Å². The van der Waals surface area contributed by atoms with Crippen LogP contribution in [0.4, 0.5) is 0 Å². The summed E-state index contributed by atoms with van der Waals surface area (Å²) in [4.78, 5) is 14.6. The summed E-state index contributed by atoms with van der Waals surface area (Å²) >= 11 is 0. The molecule has 1 aliphatic heterocycles. The molecule has 1 aromatic rings. The van der Waals surface area contributed by atoms with Crippen molar-refractivity contribution in [1.29, 1.82) is 0 Å². The summed E-state index contributed by atoms with van der Waals surface area (Å²) in [5.41, 5.74) is 0.887. The molecule has 1 aromatic carbocycles. The second-order valence-electron chi connectivity index (χ2n) is 5.83. The first kappa shape index (κ1) is 13.6. The van der Waals surface area contributed by atoms with E-state index in [1.807, 2.05) is 30.1 Å². The lowest BCUT2D eigenvalue weighted by molar-refractivity contribution is -0.134. The van der Waals surface area contributed by atoms with Crippen LogP contribution >= 0.6 is 0 Å². The van der Waals surface area contributed by atoms with Crippen LogP contribution in [-0.4, -0.2) is 50.2 Å². The van der Waals surface area contributed by atoms with Gasteiger partial charge in [-0.3, -0.25) is 4.79 Å². The molecule has 2 aliphatic rings. The standard InChI is InChI=1S/C16H22N2O2/c1-18(12-14-11-17-9-10-20-14)15(19)16(7-8-16)13-5-3-2-4-6-13/h2-6,14,17H,7-12H2,1H3. The van der Waals surface area contributed by atoms with Gasteiger partial charge in [-0.2, -0.15) is 0 Å². The number of benzene rings is 1. The maximum atomic E-state index is 12.8. The molecule has 1 N–H and O–H groups in total. The van der Waals surface area contributed by atoms with Crippen molar-refractivity contribution in [3.8, 4) is 0 Å². The first-order valence-electron chi connectivity index (χ1n) is 7.36. The molecule has 1 amide bonds. The molecule has 1 heterocycles. The van der Waals surface area contributed by atoms with Crippen molar-refractivity contribution < 1.29 is 9.53 Å². The molecule has 1 saturated carbocycles. The number of nitrogens with zero attached hydrogens (tertiary/aromatic N) is 1. The van der Waals surface area contributed by atoms with Gasteiger partial charge in [-0.05, 0) is 18.4 Å². The van der Waals surface area contributed by atoms with Crippen molar-refractivity contribution in [3.05, 3.63) is 35.9 Å². The summed E-state index contributed by atoms with van der Waals surface area (Å²) in [5.74, 6) is 0.234. The Kier molecular flexibility index (Phi) is 3.76. The van der Waals surface area contributed by atoms with Crippen LogP contribution in [0.5, 0.6) is 0 Å². The van der Waals surface area contributed by atoms with Gasteiger partial charge in [0.25, 0.3) is 0 Å². The fourth-order valence-electron chi connectivity index (χ4n) is 3.00. The van der Waals surface area contributed by atoms with E-state index in [2.05, 4.69) is 17.4 Å². The highest BCUT2D eigenvalue weighted by Crippen LogP contribution is 2.49. The predicted molar refractivity (Wildman–Crippen MR) is 77.6 cm³/mol. The topological polar surface area (TPSA) is 41.6 Å². The smallest absolute Gasteiger partial charge is 0.233 e. The third kappa shape index (κ3) is 2.58. The van der Waals surface area contributed by atoms with Gasteiger partial charge >= 0.3 is 0 Å². The van der Waals surface area contributed by atoms with E-state index < -0.39 is 0 Å². The Morgan fingerprint density at radius 3 is 2.75 bits per heavy atom. The molecule has 3 rings (SSSR count). The monoisotopic (exact) mass is 274 g/mol. The normalized spacial score (nSPS) is 24.1. The first-order chi connectivity index (χ1) is 9.72. The first-order valence-corrected chi connectivity index (χ1v) is 7.36. The fraction of sp³-hybridized carbons (Fsp3) is 0.562. The quantitative estimate of drug-likeness (QED) is 0.896. The zero-order valence-electron chi connectivity index (χ0n) is 12.0. The second kappa shape index (κ2) is 5.54. The molecule has 108 valence electrons. The number of carbonyl (C=O) groups excluding carboxylic acids is 1. The molecular weight excluding hydrogens is 252 g/mol. The van der Waals surface area contributed by atoms with Crippen LogP contribution < -0.4 is 5.32 Å². The number of hydrogen-bond acceptors (Lipinski definition) is 3. The lowest BCUT2D eigenvalue weighted by Gasteiger charge is -2.30. The van der Waals surface area contributed by atoms with Crippen LogP contribution in [0, 0.1) is 0 Å². The molecule has 1 saturated heterocycles. The van der Waals surface area contributed by atoms with Crippen LogP contribution in [0.2, 0.25) is 0 Å². The van der Waals surface area contributed by atoms with Crippen molar-refractivity contribution in [3.63, 3.8) is 0 Å². The molecule has 0 spiro atoms. The number of amides is 1. The number of hydrogen-bond donors (Lipinski definition) is 1. The van der Waals surface area contributed by atoms with Gasteiger partial charge in [-0.15, -0.1) is 0 Å². The Hall–Kier alpha value is -1.39. The number of nitrogens with one attached hydrogen (secondary N) is 1. The Labute approximate surface area is 120 Å². The summed E-state index contributed by atoms with van der Waals surface area (Å²) in [6, 6.07) is 10.2. The van der Waals surface area contributed by atoms with E-state index in [9.17, 15) is 4.79 Å². The lowest BCUT2D eigenvalue weighted by atomic mass is 9.94. The van der Waals surface area contributed by atoms with Crippen molar-refractivity contribution in [2.24, 2.45) is 0 Å². The van der Waals surface area contributed by atoms with Gasteiger partial charge in [0, 0.05) is 26.7 Å². The maximum Gasteiger partial charge on any atom is 0.233 e. The average Bonchev–Trinajstić information content (AvgIpc) is 3.30. The van der Waals surface area contributed by atoms with E-state index in [4.69, 9.17) is 4.74 Å². The highest BCUT2D eigenvalue weighted by Gasteiger charge is 2.52. The summed E-state index contributed by atoms with van der Waals surface area (Å²) in [6.45, 7) is 3.13. The fourth-order valence-corrected chi connectivity index (χ4v) is 3.00. The van der Waals surface area contributed by atoms with Crippen molar-refractivity contribution in [2.45, 2.75) is 24.4 Å². The molecule has 0 aromatic heterocycles. The molecule has 1 unspecified atom stereocenters. The highest BCUT2D eigenvalue weighted by atomic mass is 16.5. The van der Waals surface area contributed by atoms with E-state index in [0.29, 0.717) is 6.54 Å². The van der Waals surface area contributed by atoms with E-state index >= 15 is 0 Å². The lowest BCUT2D eigenvalue weighted by Crippen LogP contribution is -2.47. The summed E-state index contributed by atoms with van der Waals surface area (Å²) < 4.78 is 5.68. The minimum Gasteiger partial charge on any atom is -0.374 e. The second-order valence-corrected chi connectivity index (χ2v) is 5.83. The van der Waals surface area contributed by atoms with Gasteiger partial charge in [0.05, 0.1) is 18.1 Å². The Morgan fingerprint density at radius 1 is 1.40 bits per heavy atom. The van der Waals surface area contributed by atoms with Gasteiger partial charge in [0.1, 0.15) is 0 Å². The molecule has 0 bridgehead atoms. The van der Waals surface area contributed by atoms with Crippen LogP contribution in [0.25, 0.3) is 0 Å². The summed E-state index contributed by atoms with van der Waals surface area (Å²) in [5, 5.41) is 3.30. The highest BCUT2D eigenvalue weighted by molar-refractivity contribution is 5.91. The number of carbonyl (C=O) groups is 1. The molecule has 1 atom stereocenters. The Bertz CT molecular complexity index is 465. The minimum atomic E-state index is -0.266. The third-order valence-electron chi connectivity index (χ3n) is 4.31. The van der Waals surface area contributed by atoms with E-state index in [-0.39, 0.29) is 17.4 Å². The van der Waals surface area contributed by atoms with Gasteiger partial charge in [0.2, 0.25) is 5.91 Å². The molecular formula is C16H22N2O2. The largest absolute Gasteiger partial charge is 0.374 e. The molecule has 0 radical (unpaired) electrons. The van der Waals surface area contributed by atoms with Crippen LogP contribution in [-0.2, 0) is 14.9 Å². The van der Waals surface area contributed by atoms with Crippen LogP contribution in [0.15, 0.2) is 30.3 Å². The molecule has 1 aliphatic carbocycles. The van der Waals surface area contributed by atoms with Crippen molar-refractivity contribution >= 4 is 5.91 Å². The van der Waals surface area contributed by atoms with E-state index in [1.54, 1.807) is 0 Å². The Balaban J connectivity index is 1.66. The van der Waals surface area contributed by atoms with Gasteiger partial charge < -0.3 is 15.0 Å². The van der Waals surface area contributed by atoms with Gasteiger partial charge in [0.15, 0.2) is 0 Å². The Morgan fingerprint density at radius 2 is 2.15 bits per heavy atom. The van der Waals surface area contributed by atoms with E-state index in [0.717, 1.165) is 38.1 Å². The van der Waals surface area contributed by atoms with Gasteiger partial charge in [-0.1, -0.05) is 30.3 Å². The molecule has 4 heteroatoms. The molecule has 2 fully saturated rings. The predicted octanol–water partition coefficient (Wildman–Crippen LogP) is 1.17. The number of rotatable bonds is 4. The number of morpholine rings is 1. The average molecular weight is 274 g/mol. The zero-order valence-corrected chi connectivity index (χ0v) is 12.0. The third-order valence-corrected chi connectivity index (χ3v) is 4.31. The molecule has 4 nitrogen and oxygen atoms in total. The van der Waals surface area contributed by atoms with Crippen molar-refractivity contribution in [1.82, 2.24) is 10.2 Å². The van der Waals surface area contributed by atoms with E-state index in [1.165, 1.54) is 0 Å². The van der Waals surface area contributed by atoms with Gasteiger partial charge in [-0.25, -0.2) is 0 Å². The number of ether oxygens (including phenoxy) is 1. The van der Waals surface area contributed by atoms with Crippen LogP contribution in [0.3, 0.4) is 0 Å². The zero-order chi connectivity index (χ0) is 14.0. The SMILES string of the molecule is CN(CC1CNCCO1)C(=O)C1(c2ccccc2)CC1. The number of likely N-dealkylation sites (N-methyl/N-ethyl adjacent to an activating group) is 1. The molecule has 20 heavy (non-hydrogen) atoms. The summed E-state index contributed by atoms with van der Waals surface area (Å²) in [6.07, 6.45) is 2.04.